The van der Waals surface area contributed by atoms with Crippen molar-refractivity contribution >= 4 is 23.4 Å². The minimum atomic E-state index is -0.318. The highest BCUT2D eigenvalue weighted by atomic mass is 32.2. The second kappa shape index (κ2) is 8.69. The molecule has 29 heavy (non-hydrogen) atoms. The standard InChI is InChI=1S/C22H26N4O2S/c1-13-11-14(2)19(15(3)12-13)23-21(27)16(4)29-22-25-24-20(26(22)5)17-7-9-18(28-6)10-8-17/h7-12,16H,1-6H3,(H,23,27). The molecule has 0 spiro atoms. The molecule has 3 rings (SSSR count). The van der Waals surface area contributed by atoms with Crippen molar-refractivity contribution in [2.45, 2.75) is 38.1 Å². The van der Waals surface area contributed by atoms with Crippen molar-refractivity contribution in [3.8, 4) is 17.1 Å². The van der Waals surface area contributed by atoms with Gasteiger partial charge in [0.15, 0.2) is 11.0 Å². The number of benzene rings is 2. The summed E-state index contributed by atoms with van der Waals surface area (Å²) in [5.41, 5.74) is 5.13. The van der Waals surface area contributed by atoms with Gasteiger partial charge in [0.2, 0.25) is 5.91 Å². The molecule has 0 saturated carbocycles. The molecule has 0 radical (unpaired) electrons. The van der Waals surface area contributed by atoms with Crippen LogP contribution in [0.1, 0.15) is 23.6 Å². The van der Waals surface area contributed by atoms with Gasteiger partial charge >= 0.3 is 0 Å². The second-order valence-corrected chi connectivity index (χ2v) is 8.42. The van der Waals surface area contributed by atoms with Crippen LogP contribution in [-0.2, 0) is 11.8 Å². The van der Waals surface area contributed by atoms with Crippen LogP contribution < -0.4 is 10.1 Å². The van der Waals surface area contributed by atoms with E-state index in [0.29, 0.717) is 5.16 Å². The van der Waals surface area contributed by atoms with E-state index < -0.39 is 0 Å². The van der Waals surface area contributed by atoms with Gasteiger partial charge in [0.25, 0.3) is 0 Å². The molecule has 0 aliphatic rings. The van der Waals surface area contributed by atoms with Gasteiger partial charge in [-0.2, -0.15) is 0 Å². The Morgan fingerprint density at radius 2 is 1.72 bits per heavy atom. The van der Waals surface area contributed by atoms with Crippen LogP contribution in [0.25, 0.3) is 11.4 Å². The van der Waals surface area contributed by atoms with E-state index in [0.717, 1.165) is 34.0 Å². The number of aryl methyl sites for hydroxylation is 3. The number of amides is 1. The first-order valence-electron chi connectivity index (χ1n) is 9.39. The van der Waals surface area contributed by atoms with Gasteiger partial charge in [0.05, 0.1) is 12.4 Å². The van der Waals surface area contributed by atoms with E-state index in [2.05, 4.69) is 34.6 Å². The number of nitrogens with zero attached hydrogens (tertiary/aromatic N) is 3. The maximum atomic E-state index is 12.8. The van der Waals surface area contributed by atoms with Crippen LogP contribution in [0.4, 0.5) is 5.69 Å². The summed E-state index contributed by atoms with van der Waals surface area (Å²) in [5, 5.41) is 12.0. The third-order valence-electron chi connectivity index (χ3n) is 4.76. The van der Waals surface area contributed by atoms with Crippen LogP contribution in [0, 0.1) is 20.8 Å². The minimum absolute atomic E-state index is 0.0564. The molecule has 0 saturated heterocycles. The quantitative estimate of drug-likeness (QED) is 0.605. The maximum absolute atomic E-state index is 12.8. The van der Waals surface area contributed by atoms with E-state index in [1.807, 2.05) is 56.7 Å². The number of carbonyl (C=O) groups excluding carboxylic acids is 1. The van der Waals surface area contributed by atoms with Crippen molar-refractivity contribution in [3.05, 3.63) is 53.1 Å². The van der Waals surface area contributed by atoms with E-state index in [1.165, 1.54) is 17.3 Å². The first-order chi connectivity index (χ1) is 13.8. The lowest BCUT2D eigenvalue weighted by atomic mass is 10.1. The lowest BCUT2D eigenvalue weighted by Crippen LogP contribution is -2.23. The molecule has 7 heteroatoms. The molecule has 1 amide bonds. The van der Waals surface area contributed by atoms with Crippen molar-refractivity contribution < 1.29 is 9.53 Å². The fraction of sp³-hybridized carbons (Fsp3) is 0.318. The summed E-state index contributed by atoms with van der Waals surface area (Å²) < 4.78 is 7.10. The van der Waals surface area contributed by atoms with Crippen molar-refractivity contribution in [1.29, 1.82) is 0 Å². The van der Waals surface area contributed by atoms with Gasteiger partial charge in [-0.25, -0.2) is 0 Å². The van der Waals surface area contributed by atoms with Crippen molar-refractivity contribution in [2.24, 2.45) is 7.05 Å². The van der Waals surface area contributed by atoms with E-state index in [4.69, 9.17) is 4.74 Å². The van der Waals surface area contributed by atoms with Gasteiger partial charge in [-0.15, -0.1) is 10.2 Å². The zero-order valence-electron chi connectivity index (χ0n) is 17.6. The molecule has 0 aliphatic heterocycles. The van der Waals surface area contributed by atoms with E-state index in [1.54, 1.807) is 7.11 Å². The monoisotopic (exact) mass is 410 g/mol. The Bertz CT molecular complexity index is 1000. The molecule has 1 aromatic heterocycles. The Balaban J connectivity index is 1.73. The molecule has 0 aliphatic carbocycles. The lowest BCUT2D eigenvalue weighted by Gasteiger charge is -2.16. The lowest BCUT2D eigenvalue weighted by molar-refractivity contribution is -0.115. The smallest absolute Gasteiger partial charge is 0.237 e. The highest BCUT2D eigenvalue weighted by Gasteiger charge is 2.20. The van der Waals surface area contributed by atoms with Gasteiger partial charge in [0.1, 0.15) is 5.75 Å². The summed E-state index contributed by atoms with van der Waals surface area (Å²) in [6.07, 6.45) is 0. The molecule has 0 bridgehead atoms. The molecule has 2 aromatic carbocycles. The Morgan fingerprint density at radius 3 is 2.31 bits per heavy atom. The number of methoxy groups -OCH3 is 1. The van der Waals surface area contributed by atoms with Gasteiger partial charge in [-0.1, -0.05) is 29.5 Å². The molecule has 0 fully saturated rings. The normalized spacial score (nSPS) is 11.9. The van der Waals surface area contributed by atoms with Crippen molar-refractivity contribution in [2.75, 3.05) is 12.4 Å². The molecule has 1 unspecified atom stereocenters. The fourth-order valence-electron chi connectivity index (χ4n) is 3.22. The summed E-state index contributed by atoms with van der Waals surface area (Å²) >= 11 is 1.39. The number of ether oxygens (including phenoxy) is 1. The average Bonchev–Trinajstić information content (AvgIpc) is 3.04. The van der Waals surface area contributed by atoms with Crippen LogP contribution >= 0.6 is 11.8 Å². The summed E-state index contributed by atoms with van der Waals surface area (Å²) in [5.74, 6) is 1.48. The Morgan fingerprint density at radius 1 is 1.10 bits per heavy atom. The number of thioether (sulfide) groups is 1. The Kier molecular flexibility index (Phi) is 6.27. The Labute approximate surface area is 175 Å². The molecule has 1 atom stereocenters. The van der Waals surface area contributed by atoms with Crippen LogP contribution in [0.3, 0.4) is 0 Å². The predicted octanol–water partition coefficient (Wildman–Crippen LogP) is 4.54. The molecule has 1 N–H and O–H groups in total. The summed E-state index contributed by atoms with van der Waals surface area (Å²) in [7, 11) is 3.54. The zero-order valence-corrected chi connectivity index (χ0v) is 18.4. The molecule has 3 aromatic rings. The Hall–Kier alpha value is -2.80. The number of aromatic nitrogens is 3. The number of carbonyl (C=O) groups is 1. The third-order valence-corrected chi connectivity index (χ3v) is 5.89. The topological polar surface area (TPSA) is 69.0 Å². The zero-order chi connectivity index (χ0) is 21.1. The first kappa shape index (κ1) is 20.9. The van der Waals surface area contributed by atoms with Gasteiger partial charge in [0, 0.05) is 18.3 Å². The highest BCUT2D eigenvalue weighted by Crippen LogP contribution is 2.28. The molecular weight excluding hydrogens is 384 g/mol. The van der Waals surface area contributed by atoms with Gasteiger partial charge in [-0.05, 0) is 63.1 Å². The number of hydrogen-bond donors (Lipinski definition) is 1. The summed E-state index contributed by atoms with van der Waals surface area (Å²) in [4.78, 5) is 12.8. The number of hydrogen-bond acceptors (Lipinski definition) is 5. The number of rotatable bonds is 6. The van der Waals surface area contributed by atoms with Gasteiger partial charge < -0.3 is 14.6 Å². The second-order valence-electron chi connectivity index (χ2n) is 7.12. The largest absolute Gasteiger partial charge is 0.497 e. The number of anilines is 1. The van der Waals surface area contributed by atoms with Crippen LogP contribution in [0.5, 0.6) is 5.75 Å². The average molecular weight is 411 g/mol. The molecule has 6 nitrogen and oxygen atoms in total. The van der Waals surface area contributed by atoms with Crippen molar-refractivity contribution in [3.63, 3.8) is 0 Å². The maximum Gasteiger partial charge on any atom is 0.237 e. The SMILES string of the molecule is COc1ccc(-c2nnc(SC(C)C(=O)Nc3c(C)cc(C)cc3C)n2C)cc1. The number of nitrogens with one attached hydrogen (secondary N) is 1. The molecular formula is C22H26N4O2S. The first-order valence-corrected chi connectivity index (χ1v) is 10.3. The fourth-order valence-corrected chi connectivity index (χ4v) is 4.04. The van der Waals surface area contributed by atoms with Gasteiger partial charge in [-0.3, -0.25) is 4.79 Å². The van der Waals surface area contributed by atoms with E-state index in [9.17, 15) is 4.79 Å². The molecule has 152 valence electrons. The predicted molar refractivity (Wildman–Crippen MR) is 118 cm³/mol. The summed E-state index contributed by atoms with van der Waals surface area (Å²) in [6.45, 7) is 7.95. The minimum Gasteiger partial charge on any atom is -0.497 e. The highest BCUT2D eigenvalue weighted by molar-refractivity contribution is 8.00. The third kappa shape index (κ3) is 4.62. The van der Waals surface area contributed by atoms with E-state index in [-0.39, 0.29) is 11.2 Å². The summed E-state index contributed by atoms with van der Waals surface area (Å²) in [6, 6.07) is 11.8. The molecule has 1 heterocycles. The van der Waals surface area contributed by atoms with Crippen LogP contribution in [0.15, 0.2) is 41.6 Å². The van der Waals surface area contributed by atoms with Crippen LogP contribution in [-0.4, -0.2) is 33.0 Å². The van der Waals surface area contributed by atoms with Crippen molar-refractivity contribution in [1.82, 2.24) is 14.8 Å². The van der Waals surface area contributed by atoms with E-state index >= 15 is 0 Å². The van der Waals surface area contributed by atoms with Crippen LogP contribution in [0.2, 0.25) is 0 Å².